The van der Waals surface area contributed by atoms with Gasteiger partial charge < -0.3 is 35.4 Å². The Morgan fingerprint density at radius 2 is 1.58 bits per heavy atom. The molecular formula is C44H48N4O7. The predicted octanol–water partition coefficient (Wildman–Crippen LogP) is 5.01. The lowest BCUT2D eigenvalue weighted by Gasteiger charge is -2.39. The van der Waals surface area contributed by atoms with Crippen LogP contribution in [0.1, 0.15) is 58.7 Å². The number of amides is 2. The largest absolute Gasteiger partial charge is 0.506 e. The highest BCUT2D eigenvalue weighted by Crippen LogP contribution is 2.36. The van der Waals surface area contributed by atoms with Crippen LogP contribution < -0.4 is 10.9 Å². The second-order valence-electron chi connectivity index (χ2n) is 14.5. The fourth-order valence-corrected chi connectivity index (χ4v) is 7.48. The van der Waals surface area contributed by atoms with E-state index in [-0.39, 0.29) is 48.0 Å². The molecule has 0 spiro atoms. The van der Waals surface area contributed by atoms with Crippen molar-refractivity contribution in [2.24, 2.45) is 0 Å². The number of aliphatic hydroxyl groups is 1. The van der Waals surface area contributed by atoms with Gasteiger partial charge in [-0.3, -0.25) is 19.2 Å². The standard InChI is InChI=1S/C44H48N4O7/c1-30-7-5-8-33(25-30)29-48(22-6-21-45-28-38(50)35-15-17-37(49)42-36(35)16-18-39(51)46-42)41(53)27-32-13-11-31(12-14-32)26-40(52)47-23-19-44(20-24-47,43(54)55)34-9-3-2-4-10-34/h2-5,7-18,25,38,45,49-50H,6,19-24,26-29H2,1H3,(H,46,51)(H,54,55)/t38-/m0/s1. The number of phenols is 1. The maximum atomic E-state index is 13.7. The number of nitrogens with one attached hydrogen (secondary N) is 2. The van der Waals surface area contributed by atoms with E-state index >= 15 is 0 Å². The third kappa shape index (κ3) is 9.48. The summed E-state index contributed by atoms with van der Waals surface area (Å²) < 4.78 is 0. The Balaban J connectivity index is 1.02. The second kappa shape index (κ2) is 17.6. The van der Waals surface area contributed by atoms with Crippen LogP contribution in [0.4, 0.5) is 0 Å². The molecule has 1 fully saturated rings. The number of aliphatic hydroxyl groups excluding tert-OH is 1. The first-order chi connectivity index (χ1) is 26.5. The van der Waals surface area contributed by atoms with Gasteiger partial charge in [0.05, 0.1) is 29.9 Å². The van der Waals surface area contributed by atoms with E-state index in [1.54, 1.807) is 17.0 Å². The lowest BCUT2D eigenvalue weighted by atomic mass is 9.73. The highest BCUT2D eigenvalue weighted by molar-refractivity contribution is 5.87. The number of carbonyl (C=O) groups is 3. The number of carboxylic acid groups (broad SMARTS) is 1. The fourth-order valence-electron chi connectivity index (χ4n) is 7.48. The SMILES string of the molecule is Cc1cccc(CN(CCCNC[C@H](O)c2ccc(O)c3[nH]c(=O)ccc23)C(=O)Cc2ccc(CC(=O)N3CCC(C(=O)O)(c4ccccc4)CC3)cc2)c1. The van der Waals surface area contributed by atoms with Crippen LogP contribution in [0.15, 0.2) is 108 Å². The van der Waals surface area contributed by atoms with Gasteiger partial charge in [-0.25, -0.2) is 0 Å². The summed E-state index contributed by atoms with van der Waals surface area (Å²) in [5.74, 6) is -0.996. The molecule has 1 saturated heterocycles. The van der Waals surface area contributed by atoms with Crippen LogP contribution in [0.25, 0.3) is 10.9 Å². The van der Waals surface area contributed by atoms with Gasteiger partial charge in [-0.1, -0.05) is 90.5 Å². The molecule has 2 amide bonds. The molecule has 5 aromatic rings. The number of fused-ring (bicyclic) bond motifs is 1. The van der Waals surface area contributed by atoms with Crippen LogP contribution in [0, 0.1) is 6.92 Å². The topological polar surface area (TPSA) is 163 Å². The zero-order chi connectivity index (χ0) is 39.0. The molecule has 5 N–H and O–H groups in total. The summed E-state index contributed by atoms with van der Waals surface area (Å²) in [6.07, 6.45) is 0.876. The molecule has 11 nitrogen and oxygen atoms in total. The number of aromatic amines is 1. The number of nitrogens with zero attached hydrogens (tertiary/aromatic N) is 2. The third-order valence-electron chi connectivity index (χ3n) is 10.6. The van der Waals surface area contributed by atoms with Gasteiger partial charge in [0.1, 0.15) is 5.75 Å². The number of piperidine rings is 1. The number of aliphatic carboxylic acids is 1. The van der Waals surface area contributed by atoms with Crippen molar-refractivity contribution in [3.05, 3.63) is 147 Å². The van der Waals surface area contributed by atoms with E-state index in [4.69, 9.17) is 0 Å². The van der Waals surface area contributed by atoms with E-state index in [9.17, 15) is 34.5 Å². The van der Waals surface area contributed by atoms with Crippen molar-refractivity contribution in [2.45, 2.75) is 57.1 Å². The first-order valence-corrected chi connectivity index (χ1v) is 18.7. The van der Waals surface area contributed by atoms with Crippen molar-refractivity contribution in [3.8, 4) is 5.75 Å². The first-order valence-electron chi connectivity index (χ1n) is 18.7. The lowest BCUT2D eigenvalue weighted by Crippen LogP contribution is -2.49. The van der Waals surface area contributed by atoms with Crippen molar-refractivity contribution in [1.82, 2.24) is 20.1 Å². The van der Waals surface area contributed by atoms with Crippen LogP contribution in [0.5, 0.6) is 5.75 Å². The number of aromatic nitrogens is 1. The molecule has 1 aliphatic rings. The van der Waals surface area contributed by atoms with Gasteiger partial charge in [0.15, 0.2) is 0 Å². The molecule has 1 aliphatic heterocycles. The number of aromatic hydroxyl groups is 1. The van der Waals surface area contributed by atoms with E-state index in [0.29, 0.717) is 62.9 Å². The number of H-pyrrole nitrogens is 1. The summed E-state index contributed by atoms with van der Waals surface area (Å²) in [6.45, 7) is 4.51. The van der Waals surface area contributed by atoms with Crippen LogP contribution in [-0.2, 0) is 39.2 Å². The summed E-state index contributed by atoms with van der Waals surface area (Å²) in [6, 6.07) is 30.9. The molecule has 4 aromatic carbocycles. The van der Waals surface area contributed by atoms with E-state index < -0.39 is 17.5 Å². The Hall–Kier alpha value is -5.78. The van der Waals surface area contributed by atoms with Gasteiger partial charge >= 0.3 is 5.97 Å². The molecule has 0 bridgehead atoms. The summed E-state index contributed by atoms with van der Waals surface area (Å²) in [4.78, 5) is 57.3. The summed E-state index contributed by atoms with van der Waals surface area (Å²) in [5.41, 5.74) is 4.11. The van der Waals surface area contributed by atoms with Crippen molar-refractivity contribution in [2.75, 3.05) is 32.7 Å². The molecule has 6 rings (SSSR count). The van der Waals surface area contributed by atoms with Gasteiger partial charge in [-0.2, -0.15) is 0 Å². The molecular weight excluding hydrogens is 697 g/mol. The lowest BCUT2D eigenvalue weighted by molar-refractivity contribution is -0.148. The minimum Gasteiger partial charge on any atom is -0.506 e. The Kier molecular flexibility index (Phi) is 12.4. The fraction of sp³-hybridized carbons (Fsp3) is 0.318. The second-order valence-corrected chi connectivity index (χ2v) is 14.5. The molecule has 0 radical (unpaired) electrons. The minimum atomic E-state index is -0.993. The van der Waals surface area contributed by atoms with Crippen molar-refractivity contribution < 1.29 is 29.7 Å². The number of pyridine rings is 1. The van der Waals surface area contributed by atoms with Crippen molar-refractivity contribution in [1.29, 1.82) is 0 Å². The monoisotopic (exact) mass is 744 g/mol. The molecule has 286 valence electrons. The number of aryl methyl sites for hydroxylation is 1. The zero-order valence-electron chi connectivity index (χ0n) is 31.0. The number of hydrogen-bond acceptors (Lipinski definition) is 7. The average Bonchev–Trinajstić information content (AvgIpc) is 3.18. The molecule has 1 aromatic heterocycles. The zero-order valence-corrected chi connectivity index (χ0v) is 31.0. The van der Waals surface area contributed by atoms with Crippen LogP contribution >= 0.6 is 0 Å². The van der Waals surface area contributed by atoms with Gasteiger partial charge in [-0.05, 0) is 72.7 Å². The van der Waals surface area contributed by atoms with Crippen LogP contribution in [-0.4, -0.2) is 80.6 Å². The average molecular weight is 745 g/mol. The molecule has 11 heteroatoms. The molecule has 1 atom stereocenters. The molecule has 55 heavy (non-hydrogen) atoms. The van der Waals surface area contributed by atoms with Crippen molar-refractivity contribution in [3.63, 3.8) is 0 Å². The van der Waals surface area contributed by atoms with Gasteiger partial charge in [0.25, 0.3) is 0 Å². The highest BCUT2D eigenvalue weighted by Gasteiger charge is 2.43. The van der Waals surface area contributed by atoms with E-state index in [0.717, 1.165) is 27.8 Å². The number of carbonyl (C=O) groups excluding carboxylic acids is 2. The van der Waals surface area contributed by atoms with E-state index in [1.165, 1.54) is 12.1 Å². The smallest absolute Gasteiger partial charge is 0.314 e. The Labute approximate surface area is 320 Å². The van der Waals surface area contributed by atoms with Crippen LogP contribution in [0.2, 0.25) is 0 Å². The normalized spacial score (nSPS) is 14.4. The number of phenolic OH excluding ortho intramolecular Hbond substituents is 1. The summed E-state index contributed by atoms with van der Waals surface area (Å²) in [5, 5.41) is 35.1. The quantitative estimate of drug-likeness (QED) is 0.0935. The van der Waals surface area contributed by atoms with Crippen molar-refractivity contribution >= 4 is 28.7 Å². The number of hydrogen-bond donors (Lipinski definition) is 5. The molecule has 0 unspecified atom stereocenters. The number of carboxylic acids is 1. The molecule has 0 aliphatic carbocycles. The first kappa shape index (κ1) is 38.9. The maximum Gasteiger partial charge on any atom is 0.314 e. The van der Waals surface area contributed by atoms with E-state index in [2.05, 4.69) is 16.4 Å². The molecule has 0 saturated carbocycles. The minimum absolute atomic E-state index is 0.0245. The Bertz CT molecular complexity index is 2180. The number of rotatable bonds is 15. The summed E-state index contributed by atoms with van der Waals surface area (Å²) in [7, 11) is 0. The van der Waals surface area contributed by atoms with Crippen LogP contribution in [0.3, 0.4) is 0 Å². The van der Waals surface area contributed by atoms with Gasteiger partial charge in [0, 0.05) is 44.2 Å². The maximum absolute atomic E-state index is 13.7. The Morgan fingerprint density at radius 3 is 2.27 bits per heavy atom. The summed E-state index contributed by atoms with van der Waals surface area (Å²) >= 11 is 0. The predicted molar refractivity (Wildman–Crippen MR) is 211 cm³/mol. The van der Waals surface area contributed by atoms with Gasteiger partial charge in [-0.15, -0.1) is 0 Å². The molecule has 2 heterocycles. The van der Waals surface area contributed by atoms with E-state index in [1.807, 2.05) is 84.6 Å². The number of benzene rings is 4. The highest BCUT2D eigenvalue weighted by atomic mass is 16.4. The van der Waals surface area contributed by atoms with Gasteiger partial charge in [0.2, 0.25) is 17.4 Å². The Morgan fingerprint density at radius 1 is 0.873 bits per heavy atom. The number of likely N-dealkylation sites (tertiary alicyclic amines) is 1. The third-order valence-corrected chi connectivity index (χ3v) is 10.6.